The molecule has 0 saturated heterocycles. The van der Waals surface area contributed by atoms with E-state index in [2.05, 4.69) is 11.2 Å². The molecular formula is C11H14N4O2. The number of nitriles is 1. The topological polar surface area (TPSA) is 84.8 Å². The highest BCUT2D eigenvalue weighted by molar-refractivity contribution is 5.21. The summed E-state index contributed by atoms with van der Waals surface area (Å²) in [5, 5.41) is 23.1. The van der Waals surface area contributed by atoms with Gasteiger partial charge in [0.15, 0.2) is 0 Å². The highest BCUT2D eigenvalue weighted by Crippen LogP contribution is 2.36. The van der Waals surface area contributed by atoms with Crippen molar-refractivity contribution in [3.63, 3.8) is 0 Å². The van der Waals surface area contributed by atoms with Crippen LogP contribution in [0, 0.1) is 27.4 Å². The van der Waals surface area contributed by atoms with Crippen LogP contribution in [-0.4, -0.2) is 14.7 Å². The molecule has 17 heavy (non-hydrogen) atoms. The maximum Gasteiger partial charge on any atom is 0.307 e. The Morgan fingerprint density at radius 3 is 3.12 bits per heavy atom. The molecule has 1 heterocycles. The zero-order chi connectivity index (χ0) is 12.3. The predicted molar refractivity (Wildman–Crippen MR) is 60.1 cm³/mol. The van der Waals surface area contributed by atoms with Crippen LogP contribution >= 0.6 is 0 Å². The summed E-state index contributed by atoms with van der Waals surface area (Å²) in [6.45, 7) is 0. The van der Waals surface area contributed by atoms with Gasteiger partial charge in [-0.2, -0.15) is 10.4 Å². The van der Waals surface area contributed by atoms with Crippen LogP contribution in [0.4, 0.5) is 5.69 Å². The van der Waals surface area contributed by atoms with E-state index in [-0.39, 0.29) is 11.7 Å². The Hall–Kier alpha value is -1.90. The lowest BCUT2D eigenvalue weighted by Gasteiger charge is -2.10. The summed E-state index contributed by atoms with van der Waals surface area (Å²) in [7, 11) is 0. The van der Waals surface area contributed by atoms with Crippen molar-refractivity contribution in [3.8, 4) is 6.07 Å². The third-order valence-corrected chi connectivity index (χ3v) is 3.35. The van der Waals surface area contributed by atoms with Crippen LogP contribution in [0.25, 0.3) is 0 Å². The zero-order valence-corrected chi connectivity index (χ0v) is 9.45. The third kappa shape index (κ3) is 2.61. The zero-order valence-electron chi connectivity index (χ0n) is 9.45. The average molecular weight is 234 g/mol. The summed E-state index contributed by atoms with van der Waals surface area (Å²) in [5.41, 5.74) is 0.0467. The Labute approximate surface area is 99.0 Å². The number of aromatic nitrogens is 2. The number of nitro groups is 1. The minimum absolute atomic E-state index is 0.0467. The molecule has 6 nitrogen and oxygen atoms in total. The van der Waals surface area contributed by atoms with Gasteiger partial charge in [0, 0.05) is 6.42 Å². The SMILES string of the molecule is N#CCCC1CCC(n2cc([N+](=O)[O-])cn2)C1. The van der Waals surface area contributed by atoms with Gasteiger partial charge < -0.3 is 0 Å². The third-order valence-electron chi connectivity index (χ3n) is 3.35. The minimum Gasteiger partial charge on any atom is -0.263 e. The Balaban J connectivity index is 1.95. The van der Waals surface area contributed by atoms with Crippen molar-refractivity contribution in [3.05, 3.63) is 22.5 Å². The van der Waals surface area contributed by atoms with Gasteiger partial charge in [-0.1, -0.05) is 0 Å². The second-order valence-corrected chi connectivity index (χ2v) is 4.47. The fourth-order valence-electron chi connectivity index (χ4n) is 2.44. The molecule has 1 saturated carbocycles. The van der Waals surface area contributed by atoms with E-state index in [1.54, 1.807) is 4.68 Å². The van der Waals surface area contributed by atoms with E-state index in [1.165, 1.54) is 12.4 Å². The summed E-state index contributed by atoms with van der Waals surface area (Å²) in [6.07, 6.45) is 7.36. The van der Waals surface area contributed by atoms with Crippen molar-refractivity contribution in [2.75, 3.05) is 0 Å². The van der Waals surface area contributed by atoms with E-state index in [1.807, 2.05) is 0 Å². The van der Waals surface area contributed by atoms with E-state index in [0.29, 0.717) is 12.3 Å². The first-order chi connectivity index (χ1) is 8.20. The fraction of sp³-hybridized carbons (Fsp3) is 0.636. The maximum atomic E-state index is 10.6. The van der Waals surface area contributed by atoms with Crippen molar-refractivity contribution in [1.82, 2.24) is 9.78 Å². The first kappa shape index (κ1) is 11.6. The van der Waals surface area contributed by atoms with Crippen LogP contribution < -0.4 is 0 Å². The van der Waals surface area contributed by atoms with Crippen molar-refractivity contribution in [2.45, 2.75) is 38.1 Å². The van der Waals surface area contributed by atoms with Gasteiger partial charge in [-0.3, -0.25) is 14.8 Å². The summed E-state index contributed by atoms with van der Waals surface area (Å²) >= 11 is 0. The molecule has 1 aromatic heterocycles. The molecule has 2 unspecified atom stereocenters. The van der Waals surface area contributed by atoms with E-state index in [4.69, 9.17) is 5.26 Å². The van der Waals surface area contributed by atoms with E-state index in [9.17, 15) is 10.1 Å². The molecule has 0 amide bonds. The molecule has 2 rings (SSSR count). The predicted octanol–water partition coefficient (Wildman–Crippen LogP) is 2.44. The van der Waals surface area contributed by atoms with Gasteiger partial charge in [-0.25, -0.2) is 0 Å². The Morgan fingerprint density at radius 2 is 2.47 bits per heavy atom. The molecule has 1 fully saturated rings. The molecule has 90 valence electrons. The van der Waals surface area contributed by atoms with E-state index >= 15 is 0 Å². The fourth-order valence-corrected chi connectivity index (χ4v) is 2.44. The highest BCUT2D eigenvalue weighted by Gasteiger charge is 2.27. The van der Waals surface area contributed by atoms with Crippen molar-refractivity contribution < 1.29 is 4.92 Å². The van der Waals surface area contributed by atoms with Crippen LogP contribution in [0.2, 0.25) is 0 Å². The minimum atomic E-state index is -0.425. The van der Waals surface area contributed by atoms with Gasteiger partial charge in [0.2, 0.25) is 0 Å². The second-order valence-electron chi connectivity index (χ2n) is 4.47. The summed E-state index contributed by atoms with van der Waals surface area (Å²) in [4.78, 5) is 10.1. The Morgan fingerprint density at radius 1 is 1.65 bits per heavy atom. The molecule has 0 aromatic carbocycles. The highest BCUT2D eigenvalue weighted by atomic mass is 16.6. The number of hydrogen-bond acceptors (Lipinski definition) is 4. The van der Waals surface area contributed by atoms with Crippen molar-refractivity contribution >= 4 is 5.69 Å². The van der Waals surface area contributed by atoms with Gasteiger partial charge in [-0.05, 0) is 31.6 Å². The molecule has 0 aliphatic heterocycles. The molecule has 1 aromatic rings. The Kier molecular flexibility index (Phi) is 3.38. The van der Waals surface area contributed by atoms with Crippen LogP contribution in [0.1, 0.15) is 38.1 Å². The average Bonchev–Trinajstić information content (AvgIpc) is 2.94. The molecule has 0 bridgehead atoms. The lowest BCUT2D eigenvalue weighted by molar-refractivity contribution is -0.385. The largest absolute Gasteiger partial charge is 0.307 e. The number of hydrogen-bond donors (Lipinski definition) is 0. The van der Waals surface area contributed by atoms with Gasteiger partial charge in [0.25, 0.3) is 0 Å². The molecule has 1 aliphatic rings. The molecule has 2 atom stereocenters. The number of nitrogens with zero attached hydrogens (tertiary/aromatic N) is 4. The molecular weight excluding hydrogens is 220 g/mol. The quantitative estimate of drug-likeness (QED) is 0.591. The lowest BCUT2D eigenvalue weighted by atomic mass is 10.0. The van der Waals surface area contributed by atoms with Gasteiger partial charge in [-0.15, -0.1) is 0 Å². The van der Waals surface area contributed by atoms with Gasteiger partial charge in [0.1, 0.15) is 12.4 Å². The summed E-state index contributed by atoms with van der Waals surface area (Å²) in [5.74, 6) is 0.558. The normalized spacial score (nSPS) is 23.5. The maximum absolute atomic E-state index is 10.6. The molecule has 1 aliphatic carbocycles. The first-order valence-corrected chi connectivity index (χ1v) is 5.76. The monoisotopic (exact) mass is 234 g/mol. The van der Waals surface area contributed by atoms with Crippen LogP contribution in [-0.2, 0) is 0 Å². The standard InChI is InChI=1S/C11H14N4O2/c12-5-1-2-9-3-4-10(6-9)14-8-11(7-13-14)15(16)17/h7-10H,1-4,6H2. The Bertz CT molecular complexity index is 449. The van der Waals surface area contributed by atoms with Gasteiger partial charge in [0.05, 0.1) is 17.0 Å². The van der Waals surface area contributed by atoms with Crippen LogP contribution in [0.5, 0.6) is 0 Å². The second kappa shape index (κ2) is 4.95. The smallest absolute Gasteiger partial charge is 0.263 e. The summed E-state index contributed by atoms with van der Waals surface area (Å²) < 4.78 is 1.70. The molecule has 0 N–H and O–H groups in total. The van der Waals surface area contributed by atoms with E-state index < -0.39 is 4.92 Å². The molecule has 6 heteroatoms. The van der Waals surface area contributed by atoms with Crippen molar-refractivity contribution in [2.24, 2.45) is 5.92 Å². The lowest BCUT2D eigenvalue weighted by Crippen LogP contribution is -2.06. The summed E-state index contributed by atoms with van der Waals surface area (Å²) in [6, 6.07) is 2.41. The first-order valence-electron chi connectivity index (χ1n) is 5.76. The van der Waals surface area contributed by atoms with Crippen LogP contribution in [0.3, 0.4) is 0 Å². The molecule has 0 radical (unpaired) electrons. The van der Waals surface area contributed by atoms with Gasteiger partial charge >= 0.3 is 5.69 Å². The van der Waals surface area contributed by atoms with Crippen LogP contribution in [0.15, 0.2) is 12.4 Å². The number of rotatable bonds is 4. The molecule has 0 spiro atoms. The van der Waals surface area contributed by atoms with E-state index in [0.717, 1.165) is 25.7 Å². The van der Waals surface area contributed by atoms with Crippen molar-refractivity contribution in [1.29, 1.82) is 5.26 Å².